The molecule has 0 aromatic carbocycles. The van der Waals surface area contributed by atoms with Crippen molar-refractivity contribution in [2.75, 3.05) is 0 Å². The molecule has 0 unspecified atom stereocenters. The summed E-state index contributed by atoms with van der Waals surface area (Å²) in [5.74, 6) is -4.58. The number of hydrogen-bond donors (Lipinski definition) is 6. The number of carboxylic acid groups (broad SMARTS) is 6. The largest absolute Gasteiger partial charge is 0.481 e. The molecule has 0 aliphatic rings. The van der Waals surface area contributed by atoms with E-state index in [1.807, 2.05) is 13.8 Å². The smallest absolute Gasteiger partial charge is 0.303 e. The molecule has 0 aromatic heterocycles. The van der Waals surface area contributed by atoms with E-state index in [-0.39, 0.29) is 12.8 Å². The first-order valence-corrected chi connectivity index (χ1v) is 8.81. The lowest BCUT2D eigenvalue weighted by Gasteiger charge is -1.79. The van der Waals surface area contributed by atoms with Crippen molar-refractivity contribution in [2.45, 2.75) is 80.1 Å². The quantitative estimate of drug-likeness (QED) is 0.348. The van der Waals surface area contributed by atoms with Crippen molar-refractivity contribution in [1.82, 2.24) is 0 Å². The average molecular weight is 444 g/mol. The highest BCUT2D eigenvalue weighted by molar-refractivity contribution is 5.67. The molecule has 12 nitrogen and oxygen atoms in total. The zero-order valence-electron chi connectivity index (χ0n) is 18.4. The van der Waals surface area contributed by atoms with Crippen LogP contribution in [0.3, 0.4) is 0 Å². The summed E-state index contributed by atoms with van der Waals surface area (Å²) in [6.45, 7) is 9.05. The van der Waals surface area contributed by atoms with E-state index in [9.17, 15) is 19.2 Å². The van der Waals surface area contributed by atoms with Gasteiger partial charge in [-0.05, 0) is 12.8 Å². The van der Waals surface area contributed by atoms with Gasteiger partial charge in [-0.25, -0.2) is 0 Å². The molecular weight excluding hydrogens is 408 g/mol. The summed E-state index contributed by atoms with van der Waals surface area (Å²) in [4.78, 5) is 55.9. The molecule has 180 valence electrons. The third-order valence-electron chi connectivity index (χ3n) is 1.53. The number of hydrogen-bond acceptors (Lipinski definition) is 6. The molecule has 0 rings (SSSR count). The van der Waals surface area contributed by atoms with Gasteiger partial charge in [-0.15, -0.1) is 0 Å². The molecule has 0 heterocycles. The van der Waals surface area contributed by atoms with E-state index >= 15 is 0 Å². The number of aliphatic carboxylic acids is 6. The Labute approximate surface area is 176 Å². The molecule has 0 amide bonds. The van der Waals surface area contributed by atoms with Crippen LogP contribution in [0.5, 0.6) is 0 Å². The molecule has 0 aliphatic heterocycles. The molecule has 0 aromatic rings. The molecule has 30 heavy (non-hydrogen) atoms. The van der Waals surface area contributed by atoms with Crippen molar-refractivity contribution >= 4 is 35.8 Å². The minimum absolute atomic E-state index is 0.222. The Morgan fingerprint density at radius 2 is 0.600 bits per heavy atom. The lowest BCUT2D eigenvalue weighted by atomic mass is 10.4. The first kappa shape index (κ1) is 41.2. The van der Waals surface area contributed by atoms with Crippen LogP contribution in [0.1, 0.15) is 80.1 Å². The van der Waals surface area contributed by atoms with Crippen molar-refractivity contribution in [3.63, 3.8) is 0 Å². The highest BCUT2D eigenvalue weighted by atomic mass is 16.4. The van der Waals surface area contributed by atoms with Crippen LogP contribution >= 0.6 is 0 Å². The maximum absolute atomic E-state index is 9.60. The van der Waals surface area contributed by atoms with E-state index in [0.717, 1.165) is 26.7 Å². The van der Waals surface area contributed by atoms with Gasteiger partial charge in [0.15, 0.2) is 0 Å². The zero-order valence-corrected chi connectivity index (χ0v) is 18.4. The van der Waals surface area contributed by atoms with Crippen LogP contribution in [0.4, 0.5) is 0 Å². The Kier molecular flexibility index (Phi) is 50.5. The maximum atomic E-state index is 9.60. The van der Waals surface area contributed by atoms with E-state index in [1.54, 1.807) is 13.8 Å². The molecule has 0 aliphatic carbocycles. The van der Waals surface area contributed by atoms with Crippen molar-refractivity contribution in [1.29, 1.82) is 0 Å². The van der Waals surface area contributed by atoms with Crippen molar-refractivity contribution in [3.05, 3.63) is 0 Å². The van der Waals surface area contributed by atoms with Crippen LogP contribution < -0.4 is 0 Å². The van der Waals surface area contributed by atoms with Crippen LogP contribution in [0.15, 0.2) is 0 Å². The zero-order chi connectivity index (χ0) is 25.7. The molecule has 0 spiro atoms. The van der Waals surface area contributed by atoms with Gasteiger partial charge in [0.1, 0.15) is 0 Å². The Morgan fingerprint density at radius 3 is 0.600 bits per heavy atom. The highest BCUT2D eigenvalue weighted by Crippen LogP contribution is 1.82. The summed E-state index contributed by atoms with van der Waals surface area (Å²) in [5.41, 5.74) is 0. The van der Waals surface area contributed by atoms with E-state index < -0.39 is 35.8 Å². The molecule has 0 radical (unpaired) electrons. The predicted molar refractivity (Wildman–Crippen MR) is 108 cm³/mol. The Bertz CT molecular complexity index is 408. The van der Waals surface area contributed by atoms with Gasteiger partial charge in [-0.3, -0.25) is 28.8 Å². The first-order valence-electron chi connectivity index (χ1n) is 8.81. The lowest BCUT2D eigenvalue weighted by molar-refractivity contribution is -0.138. The van der Waals surface area contributed by atoms with Crippen LogP contribution in [-0.4, -0.2) is 66.5 Å². The summed E-state index contributed by atoms with van der Waals surface area (Å²) in [7, 11) is 0. The topological polar surface area (TPSA) is 224 Å². The third kappa shape index (κ3) is 303. The second-order valence-electron chi connectivity index (χ2n) is 4.82. The van der Waals surface area contributed by atoms with Gasteiger partial charge in [-0.1, -0.05) is 27.7 Å². The molecule has 6 N–H and O–H groups in total. The normalized spacial score (nSPS) is 7.40. The van der Waals surface area contributed by atoms with Crippen LogP contribution in [-0.2, 0) is 28.8 Å². The van der Waals surface area contributed by atoms with E-state index in [0.29, 0.717) is 12.8 Å². The minimum Gasteiger partial charge on any atom is -0.481 e. The van der Waals surface area contributed by atoms with Crippen LogP contribution in [0.25, 0.3) is 0 Å². The average Bonchev–Trinajstić information content (AvgIpc) is 2.55. The standard InChI is InChI=1S/2C4H8O2.2C3H6O2.2C2H4O2/c2*1-2-3-4(5)6;2*1-2-3(4)5;2*1-2(3)4/h2*2-3H2,1H3,(H,5,6);2*2H2,1H3,(H,4,5);2*1H3,(H,3,4). The molecule has 0 atom stereocenters. The fourth-order valence-corrected chi connectivity index (χ4v) is 0.428. The third-order valence-corrected chi connectivity index (χ3v) is 1.53. The fourth-order valence-electron chi connectivity index (χ4n) is 0.428. The molecule has 0 fully saturated rings. The number of carboxylic acids is 6. The van der Waals surface area contributed by atoms with Gasteiger partial charge in [0.25, 0.3) is 11.9 Å². The summed E-state index contributed by atoms with van der Waals surface area (Å²) < 4.78 is 0. The van der Waals surface area contributed by atoms with Gasteiger partial charge in [0.05, 0.1) is 0 Å². The monoisotopic (exact) mass is 444 g/mol. The van der Waals surface area contributed by atoms with Crippen molar-refractivity contribution in [2.24, 2.45) is 0 Å². The number of rotatable bonds is 6. The predicted octanol–water partition coefficient (Wildman–Crippen LogP) is 2.89. The summed E-state index contributed by atoms with van der Waals surface area (Å²) >= 11 is 0. The SMILES string of the molecule is CC(=O)O.CC(=O)O.CCC(=O)O.CCC(=O)O.CCCC(=O)O.CCCC(=O)O. The fraction of sp³-hybridized carbons (Fsp3) is 0.667. The van der Waals surface area contributed by atoms with Gasteiger partial charge in [-0.2, -0.15) is 0 Å². The van der Waals surface area contributed by atoms with Gasteiger partial charge in [0, 0.05) is 39.5 Å². The Hall–Kier alpha value is -3.18. The van der Waals surface area contributed by atoms with Gasteiger partial charge < -0.3 is 30.6 Å². The lowest BCUT2D eigenvalue weighted by Crippen LogP contribution is -1.90. The molecular formula is C18H36O12. The van der Waals surface area contributed by atoms with Crippen LogP contribution in [0, 0.1) is 0 Å². The van der Waals surface area contributed by atoms with E-state index in [4.69, 9.17) is 40.2 Å². The second kappa shape index (κ2) is 36.7. The highest BCUT2D eigenvalue weighted by Gasteiger charge is 1.88. The Balaban J connectivity index is -0.0000000580. The number of carbonyl (C=O) groups is 6. The molecule has 0 saturated heterocycles. The van der Waals surface area contributed by atoms with E-state index in [2.05, 4.69) is 0 Å². The van der Waals surface area contributed by atoms with E-state index in [1.165, 1.54) is 0 Å². The Morgan fingerprint density at radius 1 is 0.467 bits per heavy atom. The summed E-state index contributed by atoms with van der Waals surface area (Å²) in [5, 5.41) is 46.1. The molecule has 12 heteroatoms. The first-order chi connectivity index (χ1) is 13.5. The summed E-state index contributed by atoms with van der Waals surface area (Å²) in [6.07, 6.45) is 2.49. The maximum Gasteiger partial charge on any atom is 0.303 e. The van der Waals surface area contributed by atoms with Gasteiger partial charge in [0.2, 0.25) is 0 Å². The van der Waals surface area contributed by atoms with Crippen molar-refractivity contribution < 1.29 is 59.4 Å². The summed E-state index contributed by atoms with van der Waals surface area (Å²) in [6, 6.07) is 0. The molecule has 0 bridgehead atoms. The van der Waals surface area contributed by atoms with Crippen LogP contribution in [0.2, 0.25) is 0 Å². The minimum atomic E-state index is -0.833. The van der Waals surface area contributed by atoms with Gasteiger partial charge >= 0.3 is 23.9 Å². The molecule has 0 saturated carbocycles. The second-order valence-corrected chi connectivity index (χ2v) is 4.82. The van der Waals surface area contributed by atoms with Crippen molar-refractivity contribution in [3.8, 4) is 0 Å².